The molecule has 0 aliphatic rings. The van der Waals surface area contributed by atoms with E-state index in [1.165, 1.54) is 0 Å². The lowest BCUT2D eigenvalue weighted by Crippen LogP contribution is -2.22. The fourth-order valence-electron chi connectivity index (χ4n) is 0.676. The van der Waals surface area contributed by atoms with Crippen molar-refractivity contribution in [2.24, 2.45) is 5.73 Å². The van der Waals surface area contributed by atoms with Gasteiger partial charge in [-0.2, -0.15) is 0 Å². The van der Waals surface area contributed by atoms with Gasteiger partial charge in [0, 0.05) is 6.61 Å². The molecule has 0 aromatic carbocycles. The van der Waals surface area contributed by atoms with Crippen LogP contribution in [0.5, 0.6) is 0 Å². The Labute approximate surface area is 73.0 Å². The standard InChI is InChI=1S/C8H17NO3/c1-3-4-5-11-7(2)6-12-8(9)10/h7H,3-6H2,1-2H3,(H2,9,10). The second-order valence-corrected chi connectivity index (χ2v) is 2.67. The largest absolute Gasteiger partial charge is 0.447 e. The van der Waals surface area contributed by atoms with Crippen LogP contribution in [0.15, 0.2) is 0 Å². The molecule has 1 amide bonds. The Morgan fingerprint density at radius 3 is 2.75 bits per heavy atom. The Kier molecular flexibility index (Phi) is 6.47. The molecular weight excluding hydrogens is 158 g/mol. The number of unbranched alkanes of at least 4 members (excludes halogenated alkanes) is 1. The highest BCUT2D eigenvalue weighted by molar-refractivity contribution is 5.64. The third-order valence-corrected chi connectivity index (χ3v) is 1.36. The number of amides is 1. The molecule has 1 unspecified atom stereocenters. The van der Waals surface area contributed by atoms with Gasteiger partial charge in [0.1, 0.15) is 6.61 Å². The lowest BCUT2D eigenvalue weighted by molar-refractivity contribution is 0.0167. The van der Waals surface area contributed by atoms with E-state index in [-0.39, 0.29) is 12.7 Å². The van der Waals surface area contributed by atoms with Gasteiger partial charge in [0.15, 0.2) is 0 Å². The summed E-state index contributed by atoms with van der Waals surface area (Å²) in [7, 11) is 0. The van der Waals surface area contributed by atoms with Crippen LogP contribution >= 0.6 is 0 Å². The SMILES string of the molecule is CCCCOC(C)COC(N)=O. The number of hydrogen-bond acceptors (Lipinski definition) is 3. The first-order valence-corrected chi connectivity index (χ1v) is 4.20. The minimum absolute atomic E-state index is 0.0657. The van der Waals surface area contributed by atoms with Crippen molar-refractivity contribution in [3.63, 3.8) is 0 Å². The average molecular weight is 175 g/mol. The monoisotopic (exact) mass is 175 g/mol. The summed E-state index contributed by atoms with van der Waals surface area (Å²) >= 11 is 0. The molecule has 0 fully saturated rings. The van der Waals surface area contributed by atoms with Crippen molar-refractivity contribution in [1.82, 2.24) is 0 Å². The normalized spacial score (nSPS) is 12.5. The van der Waals surface area contributed by atoms with Crippen LogP contribution in [-0.4, -0.2) is 25.4 Å². The summed E-state index contributed by atoms with van der Waals surface area (Å²) in [4.78, 5) is 10.2. The molecule has 72 valence electrons. The van der Waals surface area contributed by atoms with Crippen LogP contribution in [0.4, 0.5) is 4.79 Å². The average Bonchev–Trinajstić information content (AvgIpc) is 2.01. The Morgan fingerprint density at radius 1 is 1.58 bits per heavy atom. The number of nitrogens with two attached hydrogens (primary N) is 1. The summed E-state index contributed by atoms with van der Waals surface area (Å²) in [5.41, 5.74) is 4.78. The fourth-order valence-corrected chi connectivity index (χ4v) is 0.676. The van der Waals surface area contributed by atoms with Crippen LogP contribution in [0.25, 0.3) is 0 Å². The topological polar surface area (TPSA) is 61.6 Å². The van der Waals surface area contributed by atoms with Gasteiger partial charge in [-0.1, -0.05) is 13.3 Å². The molecule has 1 atom stereocenters. The Balaban J connectivity index is 3.21. The number of carbonyl (C=O) groups is 1. The fraction of sp³-hybridized carbons (Fsp3) is 0.875. The van der Waals surface area contributed by atoms with E-state index < -0.39 is 6.09 Å². The smallest absolute Gasteiger partial charge is 0.404 e. The molecule has 0 spiro atoms. The molecule has 0 aliphatic carbocycles. The predicted molar refractivity (Wildman–Crippen MR) is 45.9 cm³/mol. The summed E-state index contributed by atoms with van der Waals surface area (Å²) in [6.45, 7) is 4.88. The van der Waals surface area contributed by atoms with Crippen molar-refractivity contribution in [3.8, 4) is 0 Å². The van der Waals surface area contributed by atoms with Crippen LogP contribution in [0, 0.1) is 0 Å². The number of hydrogen-bond donors (Lipinski definition) is 1. The lowest BCUT2D eigenvalue weighted by Gasteiger charge is -2.11. The molecule has 0 saturated carbocycles. The van der Waals surface area contributed by atoms with Crippen LogP contribution in [0.2, 0.25) is 0 Å². The number of ether oxygens (including phenoxy) is 2. The maximum absolute atomic E-state index is 10.2. The van der Waals surface area contributed by atoms with Gasteiger partial charge in [-0.15, -0.1) is 0 Å². The Hall–Kier alpha value is -0.770. The summed E-state index contributed by atoms with van der Waals surface area (Å²) in [5, 5.41) is 0. The highest BCUT2D eigenvalue weighted by Gasteiger charge is 2.03. The third-order valence-electron chi connectivity index (χ3n) is 1.36. The molecule has 0 saturated heterocycles. The maximum Gasteiger partial charge on any atom is 0.404 e. The molecular formula is C8H17NO3. The second kappa shape index (κ2) is 6.91. The Morgan fingerprint density at radius 2 is 2.25 bits per heavy atom. The number of carbonyl (C=O) groups excluding carboxylic acids is 1. The van der Waals surface area contributed by atoms with Crippen molar-refractivity contribution in [1.29, 1.82) is 0 Å². The lowest BCUT2D eigenvalue weighted by atomic mass is 10.3. The molecule has 0 radical (unpaired) electrons. The van der Waals surface area contributed by atoms with E-state index in [9.17, 15) is 4.79 Å². The molecule has 4 heteroatoms. The highest BCUT2D eigenvalue weighted by atomic mass is 16.6. The molecule has 0 rings (SSSR count). The van der Waals surface area contributed by atoms with Gasteiger partial charge in [-0.25, -0.2) is 4.79 Å². The van der Waals surface area contributed by atoms with E-state index in [1.807, 2.05) is 6.92 Å². The quantitative estimate of drug-likeness (QED) is 0.619. The van der Waals surface area contributed by atoms with Crippen molar-refractivity contribution in [2.75, 3.05) is 13.2 Å². The van der Waals surface area contributed by atoms with Crippen molar-refractivity contribution in [2.45, 2.75) is 32.8 Å². The van der Waals surface area contributed by atoms with Crippen molar-refractivity contribution < 1.29 is 14.3 Å². The van der Waals surface area contributed by atoms with Crippen LogP contribution in [0.1, 0.15) is 26.7 Å². The summed E-state index contributed by atoms with van der Waals surface area (Å²) in [6.07, 6.45) is 1.31. The van der Waals surface area contributed by atoms with Crippen molar-refractivity contribution in [3.05, 3.63) is 0 Å². The van der Waals surface area contributed by atoms with Gasteiger partial charge in [0.2, 0.25) is 0 Å². The second-order valence-electron chi connectivity index (χ2n) is 2.67. The van der Waals surface area contributed by atoms with E-state index >= 15 is 0 Å². The van der Waals surface area contributed by atoms with Crippen LogP contribution in [-0.2, 0) is 9.47 Å². The van der Waals surface area contributed by atoms with E-state index in [0.29, 0.717) is 6.61 Å². The first-order chi connectivity index (χ1) is 5.66. The van der Waals surface area contributed by atoms with Gasteiger partial charge >= 0.3 is 6.09 Å². The molecule has 4 nitrogen and oxygen atoms in total. The van der Waals surface area contributed by atoms with E-state index in [4.69, 9.17) is 10.5 Å². The Bertz CT molecular complexity index is 127. The molecule has 0 aromatic heterocycles. The van der Waals surface area contributed by atoms with Gasteiger partial charge in [-0.3, -0.25) is 0 Å². The van der Waals surface area contributed by atoms with E-state index in [0.717, 1.165) is 12.8 Å². The number of rotatable bonds is 6. The summed E-state index contributed by atoms with van der Waals surface area (Å²) < 4.78 is 9.85. The zero-order valence-corrected chi connectivity index (χ0v) is 7.71. The zero-order valence-electron chi connectivity index (χ0n) is 7.71. The number of primary amides is 1. The highest BCUT2D eigenvalue weighted by Crippen LogP contribution is 1.95. The van der Waals surface area contributed by atoms with Gasteiger partial charge < -0.3 is 15.2 Å². The van der Waals surface area contributed by atoms with E-state index in [1.54, 1.807) is 0 Å². The summed E-state index contributed by atoms with van der Waals surface area (Å²) in [5.74, 6) is 0. The van der Waals surface area contributed by atoms with Gasteiger partial charge in [0.25, 0.3) is 0 Å². The zero-order chi connectivity index (χ0) is 9.40. The molecule has 0 bridgehead atoms. The molecule has 0 heterocycles. The van der Waals surface area contributed by atoms with E-state index in [2.05, 4.69) is 11.7 Å². The van der Waals surface area contributed by atoms with Gasteiger partial charge in [-0.05, 0) is 13.3 Å². The first kappa shape index (κ1) is 11.2. The van der Waals surface area contributed by atoms with Crippen LogP contribution in [0.3, 0.4) is 0 Å². The van der Waals surface area contributed by atoms with Gasteiger partial charge in [0.05, 0.1) is 6.10 Å². The van der Waals surface area contributed by atoms with Crippen LogP contribution < -0.4 is 5.73 Å². The third kappa shape index (κ3) is 7.34. The minimum Gasteiger partial charge on any atom is -0.447 e. The predicted octanol–water partition coefficient (Wildman–Crippen LogP) is 1.29. The summed E-state index contributed by atoms with van der Waals surface area (Å²) in [6, 6.07) is 0. The molecule has 12 heavy (non-hydrogen) atoms. The minimum atomic E-state index is -0.749. The first-order valence-electron chi connectivity index (χ1n) is 4.20. The van der Waals surface area contributed by atoms with Crippen molar-refractivity contribution >= 4 is 6.09 Å². The molecule has 2 N–H and O–H groups in total. The molecule has 0 aromatic rings. The maximum atomic E-state index is 10.2. The molecule has 0 aliphatic heterocycles.